The fraction of sp³-hybridized carbons (Fsp3) is 0.481. The molecule has 0 aliphatic carbocycles. The minimum Gasteiger partial charge on any atom is -0.505 e. The average Bonchev–Trinajstić information content (AvgIpc) is 2.90. The number of likely N-dealkylation sites (tertiary alicyclic amines) is 1. The van der Waals surface area contributed by atoms with E-state index in [4.69, 9.17) is 19.3 Å². The second-order valence-corrected chi connectivity index (χ2v) is 10.1. The lowest BCUT2D eigenvalue weighted by Crippen LogP contribution is -2.40. The first kappa shape index (κ1) is 33.2. The van der Waals surface area contributed by atoms with E-state index in [-0.39, 0.29) is 18.0 Å². The summed E-state index contributed by atoms with van der Waals surface area (Å²) >= 11 is 1.37. The van der Waals surface area contributed by atoms with Gasteiger partial charge in [0.1, 0.15) is 11.6 Å². The zero-order valence-corrected chi connectivity index (χ0v) is 23.5. The van der Waals surface area contributed by atoms with Crippen LogP contribution in [0.2, 0.25) is 0 Å². The zero-order valence-electron chi connectivity index (χ0n) is 22.7. The van der Waals surface area contributed by atoms with Crippen molar-refractivity contribution in [3.63, 3.8) is 0 Å². The van der Waals surface area contributed by atoms with Crippen LogP contribution >= 0.6 is 11.9 Å². The summed E-state index contributed by atoms with van der Waals surface area (Å²) in [6.07, 6.45) is -1.63. The number of allylic oxidation sites excluding steroid dienone is 1. The number of piperidine rings is 1. The smallest absolute Gasteiger partial charge is 0.448 e. The molecule has 2 heterocycles. The van der Waals surface area contributed by atoms with Crippen LogP contribution < -0.4 is 9.46 Å². The van der Waals surface area contributed by atoms with Crippen LogP contribution in [-0.2, 0) is 9.47 Å². The molecule has 0 atom stereocenters. The molecule has 0 spiro atoms. The van der Waals surface area contributed by atoms with Crippen molar-refractivity contribution < 1.29 is 41.7 Å². The second kappa shape index (κ2) is 16.3. The van der Waals surface area contributed by atoms with E-state index in [1.54, 1.807) is 30.3 Å². The Balaban J connectivity index is 0.000000708. The summed E-state index contributed by atoms with van der Waals surface area (Å²) in [4.78, 5) is 18.9. The number of halogens is 4. The Morgan fingerprint density at radius 1 is 1.25 bits per heavy atom. The maximum atomic E-state index is 14.6. The summed E-state index contributed by atoms with van der Waals surface area (Å²) in [5, 5.41) is 7.57. The van der Waals surface area contributed by atoms with Crippen LogP contribution in [0.4, 0.5) is 22.4 Å². The van der Waals surface area contributed by atoms with E-state index in [1.807, 2.05) is 26.0 Å². The highest BCUT2D eigenvalue weighted by atomic mass is 32.2. The highest BCUT2D eigenvalue weighted by molar-refractivity contribution is 7.97. The van der Waals surface area contributed by atoms with Gasteiger partial charge in [-0.25, -0.2) is 9.18 Å². The molecule has 1 saturated heterocycles. The van der Waals surface area contributed by atoms with E-state index in [2.05, 4.69) is 16.3 Å². The van der Waals surface area contributed by atoms with Crippen molar-refractivity contribution in [1.82, 2.24) is 14.6 Å². The van der Waals surface area contributed by atoms with Crippen LogP contribution in [0, 0.1) is 11.7 Å². The first-order valence-corrected chi connectivity index (χ1v) is 13.4. The number of aromatic nitrogens is 1. The monoisotopic (exact) mass is 589 g/mol. The molecule has 1 aromatic carbocycles. The van der Waals surface area contributed by atoms with Crippen LogP contribution in [0.5, 0.6) is 5.75 Å². The van der Waals surface area contributed by atoms with Crippen LogP contribution in [0.1, 0.15) is 26.7 Å². The number of methoxy groups -OCH3 is 1. The summed E-state index contributed by atoms with van der Waals surface area (Å²) in [6.45, 7) is 9.14. The van der Waals surface area contributed by atoms with Gasteiger partial charge in [0, 0.05) is 37.2 Å². The van der Waals surface area contributed by atoms with Crippen molar-refractivity contribution in [2.45, 2.75) is 43.9 Å². The number of aliphatic hydroxyl groups excluding tert-OH is 1. The maximum Gasteiger partial charge on any atom is 0.448 e. The molecule has 222 valence electrons. The molecule has 0 radical (unpaired) electrons. The van der Waals surface area contributed by atoms with Crippen molar-refractivity contribution in [3.05, 3.63) is 54.7 Å². The maximum absolute atomic E-state index is 14.6. The van der Waals surface area contributed by atoms with Gasteiger partial charge in [-0.05, 0) is 74.9 Å². The molecular formula is C27H35F4N3O5S. The molecule has 1 amide bonds. The third kappa shape index (κ3) is 11.6. The average molecular weight is 590 g/mol. The van der Waals surface area contributed by atoms with Crippen LogP contribution in [0.25, 0.3) is 11.3 Å². The van der Waals surface area contributed by atoms with E-state index in [0.29, 0.717) is 55.8 Å². The molecule has 1 aliphatic rings. The van der Waals surface area contributed by atoms with Gasteiger partial charge in [0.25, 0.3) is 0 Å². The molecule has 8 nitrogen and oxygen atoms in total. The largest absolute Gasteiger partial charge is 0.505 e. The minimum atomic E-state index is -4.64. The number of aliphatic hydroxyl groups is 1. The number of hydrogen-bond donors (Lipinski definition) is 2. The molecule has 1 aliphatic heterocycles. The lowest BCUT2D eigenvalue weighted by molar-refractivity contribution is -0.119. The number of benzene rings is 1. The number of nitrogens with zero attached hydrogens (tertiary/aromatic N) is 2. The van der Waals surface area contributed by atoms with Gasteiger partial charge in [-0.3, -0.25) is 9.71 Å². The number of carbonyl (C=O) groups is 1. The normalized spacial score (nSPS) is 13.9. The predicted octanol–water partition coefficient (Wildman–Crippen LogP) is 6.39. The number of ether oxygens (including phenoxy) is 3. The van der Waals surface area contributed by atoms with Crippen LogP contribution in [0.15, 0.2) is 53.8 Å². The quantitative estimate of drug-likeness (QED) is 0.143. The fourth-order valence-corrected chi connectivity index (χ4v) is 4.09. The second-order valence-electron chi connectivity index (χ2n) is 9.13. The molecule has 1 fully saturated rings. The standard InChI is InChI=1S/C24H32FN3O4S.C3H3F3O/c1-17(2)32-24(29)28-11-8-18(9-12-28)16-31-19-4-7-23(26-15-19)21-6-5-20(14-22(21)25)33-27-10-13-30-3;1-2(7)3(4,5)6/h4-7,14-15,17-18,27H,8-13,16H2,1-3H3;7H,1H2. The zero-order chi connectivity index (χ0) is 29.7. The molecule has 0 unspecified atom stereocenters. The van der Waals surface area contributed by atoms with Crippen LogP contribution in [-0.4, -0.2) is 73.3 Å². The van der Waals surface area contributed by atoms with Crippen molar-refractivity contribution in [3.8, 4) is 17.0 Å². The number of hydrogen-bond acceptors (Lipinski definition) is 8. The Kier molecular flexibility index (Phi) is 13.5. The molecule has 3 rings (SSSR count). The summed E-state index contributed by atoms with van der Waals surface area (Å²) in [5.74, 6) is -1.06. The van der Waals surface area contributed by atoms with Gasteiger partial charge >= 0.3 is 12.3 Å². The van der Waals surface area contributed by atoms with Gasteiger partial charge in [0.15, 0.2) is 5.76 Å². The van der Waals surface area contributed by atoms with Crippen molar-refractivity contribution >= 4 is 18.0 Å². The Hall–Kier alpha value is -3.03. The lowest BCUT2D eigenvalue weighted by Gasteiger charge is -2.31. The topological polar surface area (TPSA) is 93.2 Å². The molecule has 1 aromatic heterocycles. The van der Waals surface area contributed by atoms with E-state index in [0.717, 1.165) is 17.7 Å². The number of carbonyl (C=O) groups excluding carboxylic acids is 1. The Morgan fingerprint density at radius 2 is 1.93 bits per heavy atom. The third-order valence-electron chi connectivity index (χ3n) is 5.57. The lowest BCUT2D eigenvalue weighted by atomic mass is 9.98. The summed E-state index contributed by atoms with van der Waals surface area (Å²) < 4.78 is 66.3. The number of nitrogens with one attached hydrogen (secondary N) is 1. The van der Waals surface area contributed by atoms with Gasteiger partial charge in [0.05, 0.1) is 31.2 Å². The molecule has 2 aromatic rings. The number of pyridine rings is 1. The summed E-state index contributed by atoms with van der Waals surface area (Å²) in [5.41, 5.74) is 1.00. The number of alkyl halides is 3. The Morgan fingerprint density at radius 3 is 2.45 bits per heavy atom. The summed E-state index contributed by atoms with van der Waals surface area (Å²) in [7, 11) is 1.64. The predicted molar refractivity (Wildman–Crippen MR) is 145 cm³/mol. The van der Waals surface area contributed by atoms with Gasteiger partial charge in [0.2, 0.25) is 0 Å². The van der Waals surface area contributed by atoms with Crippen molar-refractivity contribution in [1.29, 1.82) is 0 Å². The molecule has 40 heavy (non-hydrogen) atoms. The van der Waals surface area contributed by atoms with Crippen molar-refractivity contribution in [2.24, 2.45) is 5.92 Å². The SMILES string of the molecule is C=C(O)C(F)(F)F.COCCNSc1ccc(-c2ccc(OCC3CCN(C(=O)OC(C)C)CC3)cn2)c(F)c1. The van der Waals surface area contributed by atoms with Gasteiger partial charge in [-0.2, -0.15) is 13.2 Å². The van der Waals surface area contributed by atoms with E-state index < -0.39 is 11.9 Å². The molecule has 0 saturated carbocycles. The molecule has 0 bridgehead atoms. The van der Waals surface area contributed by atoms with E-state index in [1.165, 1.54) is 18.0 Å². The number of amides is 1. The highest BCUT2D eigenvalue weighted by Gasteiger charge is 2.31. The van der Waals surface area contributed by atoms with Gasteiger partial charge < -0.3 is 24.2 Å². The van der Waals surface area contributed by atoms with E-state index in [9.17, 15) is 22.4 Å². The van der Waals surface area contributed by atoms with Crippen LogP contribution in [0.3, 0.4) is 0 Å². The molecule has 13 heteroatoms. The van der Waals surface area contributed by atoms with Gasteiger partial charge in [-0.1, -0.05) is 6.58 Å². The third-order valence-corrected chi connectivity index (χ3v) is 6.41. The fourth-order valence-electron chi connectivity index (χ4n) is 3.44. The van der Waals surface area contributed by atoms with Crippen molar-refractivity contribution in [2.75, 3.05) is 40.0 Å². The first-order chi connectivity index (χ1) is 18.9. The number of rotatable bonds is 10. The Labute approximate surface area is 235 Å². The van der Waals surface area contributed by atoms with E-state index >= 15 is 0 Å². The molecule has 2 N–H and O–H groups in total. The Bertz CT molecular complexity index is 1080. The summed E-state index contributed by atoms with van der Waals surface area (Å²) in [6, 6.07) is 8.66. The van der Waals surface area contributed by atoms with Gasteiger partial charge in [-0.15, -0.1) is 0 Å². The molecular weight excluding hydrogens is 554 g/mol. The minimum absolute atomic E-state index is 0.109. The first-order valence-electron chi connectivity index (χ1n) is 12.6. The highest BCUT2D eigenvalue weighted by Crippen LogP contribution is 2.27.